The predicted molar refractivity (Wildman–Crippen MR) is 107 cm³/mol. The highest BCUT2D eigenvalue weighted by Gasteiger charge is 2.30. The standard InChI is InChI=1S/C23H27N3O/c1-16(2)19-9-7-18(8-10-19)14-26(21-11-12-21)15-22-24-25-23(27-22)20-6-4-5-17(3)13-20/h4-10,13,16,21H,11-12,14-15H2,1-3H3. The van der Waals surface area contributed by atoms with Crippen molar-refractivity contribution in [3.8, 4) is 11.5 Å². The van der Waals surface area contributed by atoms with Gasteiger partial charge in [0.05, 0.1) is 6.54 Å². The van der Waals surface area contributed by atoms with Gasteiger partial charge >= 0.3 is 0 Å². The second-order valence-electron chi connectivity index (χ2n) is 7.90. The average Bonchev–Trinajstić information content (AvgIpc) is 3.40. The zero-order valence-corrected chi connectivity index (χ0v) is 16.4. The van der Waals surface area contributed by atoms with E-state index in [-0.39, 0.29) is 0 Å². The summed E-state index contributed by atoms with van der Waals surface area (Å²) in [5.41, 5.74) is 4.90. The van der Waals surface area contributed by atoms with Crippen LogP contribution in [0.25, 0.3) is 11.5 Å². The van der Waals surface area contributed by atoms with Gasteiger partial charge in [0.15, 0.2) is 0 Å². The van der Waals surface area contributed by atoms with Gasteiger partial charge in [0, 0.05) is 18.2 Å². The summed E-state index contributed by atoms with van der Waals surface area (Å²) in [5, 5.41) is 8.55. The van der Waals surface area contributed by atoms with Gasteiger partial charge in [0.25, 0.3) is 0 Å². The van der Waals surface area contributed by atoms with E-state index in [4.69, 9.17) is 4.42 Å². The minimum Gasteiger partial charge on any atom is -0.419 e. The third-order valence-electron chi connectivity index (χ3n) is 5.17. The van der Waals surface area contributed by atoms with Crippen molar-refractivity contribution in [2.24, 2.45) is 0 Å². The van der Waals surface area contributed by atoms with E-state index in [1.54, 1.807) is 0 Å². The molecule has 1 aromatic heterocycles. The Hall–Kier alpha value is -2.46. The second-order valence-corrected chi connectivity index (χ2v) is 7.90. The minimum absolute atomic E-state index is 0.567. The Bertz CT molecular complexity index is 894. The number of rotatable bonds is 7. The SMILES string of the molecule is Cc1cccc(-c2nnc(CN(Cc3ccc(C(C)C)cc3)C3CC3)o2)c1. The Morgan fingerprint density at radius 3 is 2.48 bits per heavy atom. The highest BCUT2D eigenvalue weighted by molar-refractivity contribution is 5.53. The maximum absolute atomic E-state index is 5.96. The lowest BCUT2D eigenvalue weighted by Gasteiger charge is -2.20. The lowest BCUT2D eigenvalue weighted by molar-refractivity contribution is 0.221. The van der Waals surface area contributed by atoms with Gasteiger partial charge in [-0.3, -0.25) is 4.90 Å². The molecule has 27 heavy (non-hydrogen) atoms. The van der Waals surface area contributed by atoms with Crippen molar-refractivity contribution in [1.29, 1.82) is 0 Å². The predicted octanol–water partition coefficient (Wildman–Crippen LogP) is 5.33. The van der Waals surface area contributed by atoms with E-state index in [2.05, 4.69) is 72.3 Å². The van der Waals surface area contributed by atoms with Crippen LogP contribution < -0.4 is 0 Å². The van der Waals surface area contributed by atoms with Gasteiger partial charge in [-0.15, -0.1) is 10.2 Å². The molecule has 0 radical (unpaired) electrons. The molecule has 1 saturated carbocycles. The lowest BCUT2D eigenvalue weighted by atomic mass is 10.0. The molecule has 1 aliphatic carbocycles. The van der Waals surface area contributed by atoms with E-state index in [1.165, 1.54) is 29.5 Å². The number of benzene rings is 2. The summed E-state index contributed by atoms with van der Waals surface area (Å²) >= 11 is 0. The van der Waals surface area contributed by atoms with Crippen molar-refractivity contribution < 1.29 is 4.42 Å². The maximum atomic E-state index is 5.96. The molecule has 1 fully saturated rings. The number of aromatic nitrogens is 2. The molecule has 1 aliphatic rings. The number of aryl methyl sites for hydroxylation is 1. The van der Waals surface area contributed by atoms with Gasteiger partial charge in [-0.1, -0.05) is 55.8 Å². The van der Waals surface area contributed by atoms with Crippen molar-refractivity contribution >= 4 is 0 Å². The zero-order valence-electron chi connectivity index (χ0n) is 16.4. The Morgan fingerprint density at radius 1 is 1.04 bits per heavy atom. The van der Waals surface area contributed by atoms with Crippen molar-refractivity contribution in [3.63, 3.8) is 0 Å². The summed E-state index contributed by atoms with van der Waals surface area (Å²) in [6.07, 6.45) is 2.51. The summed E-state index contributed by atoms with van der Waals surface area (Å²) in [6.45, 7) is 8.15. The van der Waals surface area contributed by atoms with Crippen molar-refractivity contribution in [2.75, 3.05) is 0 Å². The third-order valence-corrected chi connectivity index (χ3v) is 5.17. The van der Waals surface area contributed by atoms with E-state index in [9.17, 15) is 0 Å². The molecule has 0 aliphatic heterocycles. The fraction of sp³-hybridized carbons (Fsp3) is 0.391. The first-order valence-electron chi connectivity index (χ1n) is 9.81. The fourth-order valence-corrected chi connectivity index (χ4v) is 3.38. The largest absolute Gasteiger partial charge is 0.419 e. The Labute approximate surface area is 161 Å². The van der Waals surface area contributed by atoms with Crippen LogP contribution in [-0.2, 0) is 13.1 Å². The monoisotopic (exact) mass is 361 g/mol. The van der Waals surface area contributed by atoms with Crippen LogP contribution in [-0.4, -0.2) is 21.1 Å². The van der Waals surface area contributed by atoms with E-state index >= 15 is 0 Å². The Kier molecular flexibility index (Phi) is 5.08. The summed E-state index contributed by atoms with van der Waals surface area (Å²) in [5.74, 6) is 1.86. The molecular weight excluding hydrogens is 334 g/mol. The molecule has 0 unspecified atom stereocenters. The summed E-state index contributed by atoms with van der Waals surface area (Å²) in [7, 11) is 0. The van der Waals surface area contributed by atoms with E-state index in [0.717, 1.165) is 12.1 Å². The van der Waals surface area contributed by atoms with Gasteiger partial charge < -0.3 is 4.42 Å². The van der Waals surface area contributed by atoms with Crippen molar-refractivity contribution in [3.05, 3.63) is 71.1 Å². The van der Waals surface area contributed by atoms with Crippen molar-refractivity contribution in [1.82, 2.24) is 15.1 Å². The number of hydrogen-bond donors (Lipinski definition) is 0. The van der Waals surface area contributed by atoms with Gasteiger partial charge in [-0.25, -0.2) is 0 Å². The molecule has 0 spiro atoms. The molecular formula is C23H27N3O. The lowest BCUT2D eigenvalue weighted by Crippen LogP contribution is -2.25. The molecule has 0 N–H and O–H groups in total. The molecule has 0 saturated heterocycles. The van der Waals surface area contributed by atoms with Gasteiger partial charge in [0.1, 0.15) is 0 Å². The molecule has 140 valence electrons. The average molecular weight is 361 g/mol. The van der Waals surface area contributed by atoms with Crippen LogP contribution in [0, 0.1) is 6.92 Å². The molecule has 4 rings (SSSR count). The van der Waals surface area contributed by atoms with Crippen LogP contribution >= 0.6 is 0 Å². The quantitative estimate of drug-likeness (QED) is 0.570. The summed E-state index contributed by atoms with van der Waals surface area (Å²) < 4.78 is 5.96. The number of hydrogen-bond acceptors (Lipinski definition) is 4. The molecule has 0 amide bonds. The van der Waals surface area contributed by atoms with Gasteiger partial charge in [-0.05, 0) is 48.9 Å². The van der Waals surface area contributed by atoms with Crippen LogP contribution in [0.1, 0.15) is 55.2 Å². The van der Waals surface area contributed by atoms with Crippen LogP contribution in [0.5, 0.6) is 0 Å². The molecule has 4 heteroatoms. The van der Waals surface area contributed by atoms with E-state index in [1.807, 2.05) is 12.1 Å². The summed E-state index contributed by atoms with van der Waals surface area (Å²) in [4.78, 5) is 2.46. The Morgan fingerprint density at radius 2 is 1.81 bits per heavy atom. The normalized spacial score (nSPS) is 14.3. The van der Waals surface area contributed by atoms with Gasteiger partial charge in [0.2, 0.25) is 11.8 Å². The van der Waals surface area contributed by atoms with Gasteiger partial charge in [-0.2, -0.15) is 0 Å². The molecule has 3 aromatic rings. The highest BCUT2D eigenvalue weighted by Crippen LogP contribution is 2.30. The molecule has 0 bridgehead atoms. The highest BCUT2D eigenvalue weighted by atomic mass is 16.4. The Balaban J connectivity index is 1.46. The smallest absolute Gasteiger partial charge is 0.247 e. The summed E-state index contributed by atoms with van der Waals surface area (Å²) in [6, 6.07) is 17.8. The van der Waals surface area contributed by atoms with Crippen LogP contribution in [0.15, 0.2) is 52.9 Å². The fourth-order valence-electron chi connectivity index (χ4n) is 3.38. The minimum atomic E-state index is 0.567. The topological polar surface area (TPSA) is 42.2 Å². The first-order chi connectivity index (χ1) is 13.1. The molecule has 4 nitrogen and oxygen atoms in total. The van der Waals surface area contributed by atoms with E-state index < -0.39 is 0 Å². The van der Waals surface area contributed by atoms with Crippen LogP contribution in [0.4, 0.5) is 0 Å². The third kappa shape index (κ3) is 4.45. The first-order valence-corrected chi connectivity index (χ1v) is 9.81. The van der Waals surface area contributed by atoms with E-state index in [0.29, 0.717) is 30.3 Å². The second kappa shape index (κ2) is 7.65. The van der Waals surface area contributed by atoms with Crippen LogP contribution in [0.3, 0.4) is 0 Å². The van der Waals surface area contributed by atoms with Crippen LogP contribution in [0.2, 0.25) is 0 Å². The first kappa shape index (κ1) is 17.9. The zero-order chi connectivity index (χ0) is 18.8. The maximum Gasteiger partial charge on any atom is 0.247 e. The molecule has 2 aromatic carbocycles. The number of nitrogens with zero attached hydrogens (tertiary/aromatic N) is 3. The molecule has 0 atom stereocenters. The molecule has 1 heterocycles. The van der Waals surface area contributed by atoms with Crippen molar-refractivity contribution in [2.45, 2.75) is 58.7 Å².